The number of H-pyrrole nitrogens is 1. The van der Waals surface area contributed by atoms with Gasteiger partial charge in [-0.15, -0.1) is 0 Å². The van der Waals surface area contributed by atoms with Crippen molar-refractivity contribution in [3.8, 4) is 5.75 Å². The van der Waals surface area contributed by atoms with Crippen LogP contribution in [0.3, 0.4) is 0 Å². The quantitative estimate of drug-likeness (QED) is 0.458. The van der Waals surface area contributed by atoms with E-state index in [0.717, 1.165) is 27.7 Å². The van der Waals surface area contributed by atoms with E-state index < -0.39 is 16.1 Å². The van der Waals surface area contributed by atoms with Crippen molar-refractivity contribution < 1.29 is 13.2 Å². The fourth-order valence-corrected chi connectivity index (χ4v) is 6.21. The maximum Gasteiger partial charge on any atom is 0.244 e. The average molecular weight is 447 g/mol. The Balaban J connectivity index is 1.73. The van der Waals surface area contributed by atoms with Crippen LogP contribution in [0.25, 0.3) is 10.9 Å². The lowest BCUT2D eigenvalue weighted by Crippen LogP contribution is -2.40. The first-order valence-electron chi connectivity index (χ1n) is 10.9. The monoisotopic (exact) mass is 446 g/mol. The molecule has 3 aromatic carbocycles. The van der Waals surface area contributed by atoms with E-state index in [-0.39, 0.29) is 0 Å². The number of nitrogens with zero attached hydrogens (tertiary/aromatic N) is 1. The molecule has 0 aliphatic carbocycles. The standard InChI is InChI=1S/C26H26N2O3S/c1-3-31-24-11-7-5-9-22(24)26-25-21(20-8-4-6-10-23(20)27-25)16-17-28(26)32(29,30)19-14-12-18(2)13-15-19/h4-15,26-27H,3,16-17H2,1-2H3. The average Bonchev–Trinajstić information content (AvgIpc) is 3.18. The smallest absolute Gasteiger partial charge is 0.244 e. The predicted octanol–water partition coefficient (Wildman–Crippen LogP) is 5.21. The lowest BCUT2D eigenvalue weighted by molar-refractivity contribution is 0.307. The Morgan fingerprint density at radius 2 is 1.72 bits per heavy atom. The molecule has 1 unspecified atom stereocenters. The molecule has 0 amide bonds. The van der Waals surface area contributed by atoms with Crippen molar-refractivity contribution in [2.45, 2.75) is 31.2 Å². The third-order valence-corrected chi connectivity index (χ3v) is 8.01. The molecule has 0 spiro atoms. The lowest BCUT2D eigenvalue weighted by Gasteiger charge is -2.35. The minimum atomic E-state index is -3.73. The van der Waals surface area contributed by atoms with E-state index in [1.165, 1.54) is 5.56 Å². The number of nitrogens with one attached hydrogen (secondary N) is 1. The number of aromatic amines is 1. The first-order valence-corrected chi connectivity index (χ1v) is 12.3. The highest BCUT2D eigenvalue weighted by Gasteiger charge is 2.40. The molecule has 0 radical (unpaired) electrons. The number of aromatic nitrogens is 1. The van der Waals surface area contributed by atoms with Gasteiger partial charge in [-0.2, -0.15) is 4.31 Å². The number of fused-ring (bicyclic) bond motifs is 3. The normalized spacial score (nSPS) is 16.8. The molecule has 5 rings (SSSR count). The summed E-state index contributed by atoms with van der Waals surface area (Å²) in [7, 11) is -3.73. The van der Waals surface area contributed by atoms with Gasteiger partial charge in [0.2, 0.25) is 10.0 Å². The Kier molecular flexibility index (Phi) is 5.27. The number of hydrogen-bond donors (Lipinski definition) is 1. The third-order valence-electron chi connectivity index (χ3n) is 6.13. The first kappa shape index (κ1) is 20.8. The summed E-state index contributed by atoms with van der Waals surface area (Å²) >= 11 is 0. The number of benzene rings is 3. The molecule has 0 saturated carbocycles. The van der Waals surface area contributed by atoms with Crippen LogP contribution in [-0.2, 0) is 16.4 Å². The van der Waals surface area contributed by atoms with Gasteiger partial charge < -0.3 is 9.72 Å². The van der Waals surface area contributed by atoms with Crippen molar-refractivity contribution in [2.24, 2.45) is 0 Å². The Labute approximate surface area is 188 Å². The van der Waals surface area contributed by atoms with E-state index in [4.69, 9.17) is 4.74 Å². The molecule has 4 aromatic rings. The minimum absolute atomic E-state index is 0.307. The third kappa shape index (κ3) is 3.40. The molecule has 1 atom stereocenters. The number of ether oxygens (including phenoxy) is 1. The summed E-state index contributed by atoms with van der Waals surface area (Å²) in [5.41, 5.74) is 4.98. The topological polar surface area (TPSA) is 62.4 Å². The first-order chi connectivity index (χ1) is 15.5. The predicted molar refractivity (Wildman–Crippen MR) is 127 cm³/mol. The van der Waals surface area contributed by atoms with Crippen molar-refractivity contribution in [3.05, 3.63) is 95.2 Å². The van der Waals surface area contributed by atoms with Gasteiger partial charge in [-0.3, -0.25) is 0 Å². The van der Waals surface area contributed by atoms with Crippen molar-refractivity contribution in [1.82, 2.24) is 9.29 Å². The summed E-state index contributed by atoms with van der Waals surface area (Å²) in [6.07, 6.45) is 0.651. The molecule has 0 fully saturated rings. The zero-order chi connectivity index (χ0) is 22.3. The highest BCUT2D eigenvalue weighted by Crippen LogP contribution is 2.43. The molecular weight excluding hydrogens is 420 g/mol. The molecular formula is C26H26N2O3S. The number of rotatable bonds is 5. The number of aryl methyl sites for hydroxylation is 1. The second-order valence-electron chi connectivity index (χ2n) is 8.11. The van der Waals surface area contributed by atoms with E-state index in [9.17, 15) is 8.42 Å². The second kappa shape index (κ2) is 8.11. The van der Waals surface area contributed by atoms with Gasteiger partial charge in [0, 0.05) is 28.7 Å². The molecule has 6 heteroatoms. The van der Waals surface area contributed by atoms with Gasteiger partial charge in [-0.25, -0.2) is 8.42 Å². The van der Waals surface area contributed by atoms with Crippen molar-refractivity contribution in [3.63, 3.8) is 0 Å². The Morgan fingerprint density at radius 1 is 1.00 bits per heavy atom. The Hall–Kier alpha value is -3.09. The zero-order valence-corrected chi connectivity index (χ0v) is 19.0. The summed E-state index contributed by atoms with van der Waals surface area (Å²) in [4.78, 5) is 3.84. The van der Waals surface area contributed by atoms with Gasteiger partial charge in [-0.05, 0) is 50.1 Å². The van der Waals surface area contributed by atoms with Crippen molar-refractivity contribution >= 4 is 20.9 Å². The summed E-state index contributed by atoms with van der Waals surface area (Å²) in [5, 5.41) is 1.15. The van der Waals surface area contributed by atoms with Crippen LogP contribution in [0, 0.1) is 6.92 Å². The maximum atomic E-state index is 13.8. The lowest BCUT2D eigenvalue weighted by atomic mass is 9.94. The largest absolute Gasteiger partial charge is 0.494 e. The second-order valence-corrected chi connectivity index (χ2v) is 10.0. The molecule has 1 aromatic heterocycles. The van der Waals surface area contributed by atoms with E-state index in [2.05, 4.69) is 11.1 Å². The van der Waals surface area contributed by atoms with Crippen molar-refractivity contribution in [1.29, 1.82) is 0 Å². The number of sulfonamides is 1. The van der Waals surface area contributed by atoms with Crippen LogP contribution < -0.4 is 4.74 Å². The van der Waals surface area contributed by atoms with Crippen LogP contribution in [0.1, 0.15) is 35.3 Å². The fourth-order valence-electron chi connectivity index (χ4n) is 4.63. The van der Waals surface area contributed by atoms with Gasteiger partial charge in [0.15, 0.2) is 0 Å². The van der Waals surface area contributed by atoms with Crippen molar-refractivity contribution in [2.75, 3.05) is 13.2 Å². The Bertz CT molecular complexity index is 1370. The highest BCUT2D eigenvalue weighted by atomic mass is 32.2. The fraction of sp³-hybridized carbons (Fsp3) is 0.231. The summed E-state index contributed by atoms with van der Waals surface area (Å²) in [6, 6.07) is 22.5. The van der Waals surface area contributed by atoms with E-state index in [0.29, 0.717) is 30.2 Å². The molecule has 1 aliphatic rings. The van der Waals surface area contributed by atoms with E-state index in [1.807, 2.05) is 68.4 Å². The van der Waals surface area contributed by atoms with Crippen LogP contribution in [-0.4, -0.2) is 30.9 Å². The molecule has 164 valence electrons. The number of hydrogen-bond acceptors (Lipinski definition) is 3. The molecule has 5 nitrogen and oxygen atoms in total. The van der Waals surface area contributed by atoms with Gasteiger partial charge in [-0.1, -0.05) is 54.1 Å². The summed E-state index contributed by atoms with van der Waals surface area (Å²) < 4.78 is 35.2. The molecule has 32 heavy (non-hydrogen) atoms. The van der Waals surface area contributed by atoms with Crippen LogP contribution >= 0.6 is 0 Å². The summed E-state index contributed by atoms with van der Waals surface area (Å²) in [5.74, 6) is 0.704. The van der Waals surface area contributed by atoms with E-state index >= 15 is 0 Å². The van der Waals surface area contributed by atoms with Crippen LogP contribution in [0.2, 0.25) is 0 Å². The van der Waals surface area contributed by atoms with Crippen LogP contribution in [0.4, 0.5) is 0 Å². The van der Waals surface area contributed by atoms with Gasteiger partial charge in [0.1, 0.15) is 5.75 Å². The molecule has 2 heterocycles. The SMILES string of the molecule is CCOc1ccccc1C1c2[nH]c3ccccc3c2CCN1S(=O)(=O)c1ccc(C)cc1. The zero-order valence-electron chi connectivity index (χ0n) is 18.2. The van der Waals surface area contributed by atoms with Gasteiger partial charge >= 0.3 is 0 Å². The number of para-hydroxylation sites is 2. The molecule has 1 N–H and O–H groups in total. The molecule has 0 saturated heterocycles. The molecule has 0 bridgehead atoms. The van der Waals surface area contributed by atoms with Crippen LogP contribution in [0.5, 0.6) is 5.75 Å². The Morgan fingerprint density at radius 3 is 2.50 bits per heavy atom. The maximum absolute atomic E-state index is 13.8. The molecule has 1 aliphatic heterocycles. The van der Waals surface area contributed by atoms with Gasteiger partial charge in [0.25, 0.3) is 0 Å². The highest BCUT2D eigenvalue weighted by molar-refractivity contribution is 7.89. The van der Waals surface area contributed by atoms with Crippen LogP contribution in [0.15, 0.2) is 77.7 Å². The van der Waals surface area contributed by atoms with E-state index in [1.54, 1.807) is 16.4 Å². The van der Waals surface area contributed by atoms with Gasteiger partial charge in [0.05, 0.1) is 17.5 Å². The summed E-state index contributed by atoms with van der Waals surface area (Å²) in [6.45, 7) is 4.80. The minimum Gasteiger partial charge on any atom is -0.494 e.